The third kappa shape index (κ3) is 5.34. The maximum Gasteiger partial charge on any atom is 0.261 e. The maximum atomic E-state index is 11.0. The molecule has 1 saturated carbocycles. The van der Waals surface area contributed by atoms with Gasteiger partial charge in [0.1, 0.15) is 0 Å². The SMILES string of the molecule is C=C1[C@@H](O)C[C@@H](O[Si](c2ccccc2)(c2ccccc2)C(C)(C)C)C[C@H]1O[Si](C)(C)C(C)(C)C. The smallest absolute Gasteiger partial charge is 0.261 e. The van der Waals surface area contributed by atoms with Crippen LogP contribution < -0.4 is 10.4 Å². The van der Waals surface area contributed by atoms with Crippen molar-refractivity contribution in [3.8, 4) is 0 Å². The van der Waals surface area contributed by atoms with Gasteiger partial charge in [-0.3, -0.25) is 0 Å². The summed E-state index contributed by atoms with van der Waals surface area (Å²) in [6.45, 7) is 22.4. The van der Waals surface area contributed by atoms with Crippen LogP contribution in [0.25, 0.3) is 0 Å². The van der Waals surface area contributed by atoms with E-state index in [0.717, 1.165) is 12.0 Å². The van der Waals surface area contributed by atoms with E-state index in [1.807, 2.05) is 0 Å². The molecule has 1 aliphatic carbocycles. The Morgan fingerprint density at radius 2 is 1.24 bits per heavy atom. The standard InChI is InChI=1S/C29H44O3Si2/c1-22-26(30)20-23(21-27(22)32-33(8,9)28(2,3)4)31-34(29(5,6)7,24-16-12-10-13-17-24)25-18-14-11-15-19-25/h10-19,23,26-27,30H,1,20-21H2,2-9H3/t23-,26+,27-/m1/s1. The van der Waals surface area contributed by atoms with Gasteiger partial charge in [-0.1, -0.05) is 109 Å². The first-order valence-corrected chi connectivity index (χ1v) is 17.3. The van der Waals surface area contributed by atoms with Crippen molar-refractivity contribution in [2.45, 2.75) is 95.9 Å². The third-order valence-electron chi connectivity index (χ3n) is 7.81. The Morgan fingerprint density at radius 3 is 1.65 bits per heavy atom. The molecule has 0 amide bonds. The number of benzene rings is 2. The van der Waals surface area contributed by atoms with Gasteiger partial charge in [0.2, 0.25) is 0 Å². The van der Waals surface area contributed by atoms with Crippen molar-refractivity contribution < 1.29 is 14.0 Å². The van der Waals surface area contributed by atoms with Crippen molar-refractivity contribution in [3.63, 3.8) is 0 Å². The molecule has 1 N–H and O–H groups in total. The summed E-state index contributed by atoms with van der Waals surface area (Å²) in [5.41, 5.74) is 0.798. The largest absolute Gasteiger partial charge is 0.410 e. The molecule has 1 aliphatic rings. The summed E-state index contributed by atoms with van der Waals surface area (Å²) < 4.78 is 14.1. The molecule has 2 aromatic carbocycles. The van der Waals surface area contributed by atoms with Crippen molar-refractivity contribution in [1.29, 1.82) is 0 Å². The fourth-order valence-electron chi connectivity index (χ4n) is 4.80. The lowest BCUT2D eigenvalue weighted by molar-refractivity contribution is 0.0287. The van der Waals surface area contributed by atoms with Gasteiger partial charge in [-0.15, -0.1) is 0 Å². The van der Waals surface area contributed by atoms with Gasteiger partial charge in [0, 0.05) is 12.8 Å². The highest BCUT2D eigenvalue weighted by Gasteiger charge is 2.52. The molecule has 2 aromatic rings. The molecule has 0 aromatic heterocycles. The molecule has 34 heavy (non-hydrogen) atoms. The molecule has 186 valence electrons. The van der Waals surface area contributed by atoms with E-state index < -0.39 is 22.7 Å². The molecule has 0 saturated heterocycles. The van der Waals surface area contributed by atoms with Crippen LogP contribution in [0.5, 0.6) is 0 Å². The van der Waals surface area contributed by atoms with Crippen molar-refractivity contribution in [1.82, 2.24) is 0 Å². The molecular formula is C29H44O3Si2. The molecule has 0 aliphatic heterocycles. The van der Waals surface area contributed by atoms with Gasteiger partial charge in [0.25, 0.3) is 8.32 Å². The highest BCUT2D eigenvalue weighted by atomic mass is 28.4. The molecule has 1 fully saturated rings. The zero-order valence-corrected chi connectivity index (χ0v) is 24.4. The predicted octanol–water partition coefficient (Wildman–Crippen LogP) is 6.03. The van der Waals surface area contributed by atoms with E-state index >= 15 is 0 Å². The minimum absolute atomic E-state index is 0.0873. The molecule has 0 heterocycles. The van der Waals surface area contributed by atoms with Crippen molar-refractivity contribution in [3.05, 3.63) is 72.8 Å². The van der Waals surface area contributed by atoms with Gasteiger partial charge in [0.05, 0.1) is 18.3 Å². The molecule has 3 atom stereocenters. The Kier molecular flexibility index (Phi) is 7.86. The van der Waals surface area contributed by atoms with Crippen LogP contribution in [0.2, 0.25) is 23.2 Å². The Morgan fingerprint density at radius 1 is 0.765 bits per heavy atom. The fourth-order valence-corrected chi connectivity index (χ4v) is 10.8. The summed E-state index contributed by atoms with van der Waals surface area (Å²) in [4.78, 5) is 0. The third-order valence-corrected chi connectivity index (χ3v) is 17.4. The first-order chi connectivity index (χ1) is 15.7. The second kappa shape index (κ2) is 9.86. The number of hydrogen-bond donors (Lipinski definition) is 1. The lowest BCUT2D eigenvalue weighted by Crippen LogP contribution is -2.68. The average molecular weight is 497 g/mol. The van der Waals surface area contributed by atoms with Crippen LogP contribution in [-0.2, 0) is 8.85 Å². The van der Waals surface area contributed by atoms with Crippen LogP contribution in [-0.4, -0.2) is 40.1 Å². The highest BCUT2D eigenvalue weighted by Crippen LogP contribution is 2.43. The molecule has 0 bridgehead atoms. The second-order valence-corrected chi connectivity index (χ2v) is 21.3. The van der Waals surface area contributed by atoms with E-state index in [4.69, 9.17) is 8.85 Å². The predicted molar refractivity (Wildman–Crippen MR) is 149 cm³/mol. The highest BCUT2D eigenvalue weighted by molar-refractivity contribution is 6.99. The molecule has 3 rings (SSSR count). The fraction of sp³-hybridized carbons (Fsp3) is 0.517. The lowest BCUT2D eigenvalue weighted by atomic mass is 9.89. The minimum atomic E-state index is -2.70. The molecule has 0 unspecified atom stereocenters. The Hall–Kier alpha value is -1.51. The zero-order chi connectivity index (χ0) is 25.4. The van der Waals surface area contributed by atoms with Gasteiger partial charge >= 0.3 is 0 Å². The quantitative estimate of drug-likeness (QED) is 0.392. The van der Waals surface area contributed by atoms with E-state index in [2.05, 4.69) is 122 Å². The van der Waals surface area contributed by atoms with Crippen LogP contribution >= 0.6 is 0 Å². The number of hydrogen-bond acceptors (Lipinski definition) is 3. The maximum absolute atomic E-state index is 11.0. The molecular weight excluding hydrogens is 452 g/mol. The minimum Gasteiger partial charge on any atom is -0.410 e. The van der Waals surface area contributed by atoms with Crippen molar-refractivity contribution in [2.75, 3.05) is 0 Å². The Balaban J connectivity index is 2.03. The average Bonchev–Trinajstić information content (AvgIpc) is 2.75. The number of aliphatic hydroxyl groups is 1. The van der Waals surface area contributed by atoms with E-state index in [1.54, 1.807) is 0 Å². The van der Waals surface area contributed by atoms with Gasteiger partial charge in [-0.25, -0.2) is 0 Å². The zero-order valence-electron chi connectivity index (χ0n) is 22.4. The monoisotopic (exact) mass is 496 g/mol. The second-order valence-electron chi connectivity index (χ2n) is 12.3. The van der Waals surface area contributed by atoms with Crippen LogP contribution in [0, 0.1) is 0 Å². The van der Waals surface area contributed by atoms with E-state index in [1.165, 1.54) is 10.4 Å². The summed E-state index contributed by atoms with van der Waals surface area (Å²) in [6.07, 6.45) is 0.370. The van der Waals surface area contributed by atoms with Crippen LogP contribution in [0.4, 0.5) is 0 Å². The molecule has 3 nitrogen and oxygen atoms in total. The summed E-state index contributed by atoms with van der Waals surface area (Å²) in [7, 11) is -4.73. The van der Waals surface area contributed by atoms with Crippen LogP contribution in [0.15, 0.2) is 72.8 Å². The van der Waals surface area contributed by atoms with Crippen molar-refractivity contribution in [2.24, 2.45) is 0 Å². The summed E-state index contributed by atoms with van der Waals surface area (Å²) in [5.74, 6) is 0. The van der Waals surface area contributed by atoms with Crippen LogP contribution in [0.1, 0.15) is 54.4 Å². The van der Waals surface area contributed by atoms with Crippen molar-refractivity contribution >= 4 is 27.0 Å². The van der Waals surface area contributed by atoms with Gasteiger partial charge in [-0.05, 0) is 39.1 Å². The van der Waals surface area contributed by atoms with E-state index in [9.17, 15) is 5.11 Å². The summed E-state index contributed by atoms with van der Waals surface area (Å²) in [5, 5.41) is 13.5. The Bertz CT molecular complexity index is 919. The molecule has 0 radical (unpaired) electrons. The first kappa shape index (κ1) is 27.1. The molecule has 0 spiro atoms. The Labute approximate surface area is 209 Å². The number of rotatable bonds is 6. The van der Waals surface area contributed by atoms with E-state index in [0.29, 0.717) is 6.42 Å². The summed E-state index contributed by atoms with van der Waals surface area (Å²) in [6, 6.07) is 21.4. The van der Waals surface area contributed by atoms with Gasteiger partial charge in [0.15, 0.2) is 8.32 Å². The summed E-state index contributed by atoms with van der Waals surface area (Å²) >= 11 is 0. The first-order valence-electron chi connectivity index (χ1n) is 12.5. The topological polar surface area (TPSA) is 38.7 Å². The lowest BCUT2D eigenvalue weighted by Gasteiger charge is -2.48. The van der Waals surface area contributed by atoms with Gasteiger partial charge in [-0.2, -0.15) is 0 Å². The molecule has 5 heteroatoms. The van der Waals surface area contributed by atoms with E-state index in [-0.39, 0.29) is 22.3 Å². The van der Waals surface area contributed by atoms with Crippen LogP contribution in [0.3, 0.4) is 0 Å². The van der Waals surface area contributed by atoms with Gasteiger partial charge < -0.3 is 14.0 Å². The number of aliphatic hydroxyl groups excluding tert-OH is 1. The normalized spacial score (nSPS) is 22.6.